The number of ether oxygens (including phenoxy) is 1. The molecule has 0 amide bonds. The van der Waals surface area contributed by atoms with E-state index in [2.05, 4.69) is 4.90 Å². The molecule has 0 spiro atoms. The summed E-state index contributed by atoms with van der Waals surface area (Å²) in [6, 6.07) is 0. The summed E-state index contributed by atoms with van der Waals surface area (Å²) in [4.78, 5) is 14.7. The third-order valence-electron chi connectivity index (χ3n) is 4.72. The lowest BCUT2D eigenvalue weighted by molar-refractivity contribution is -0.154. The first-order valence-corrected chi connectivity index (χ1v) is 8.68. The van der Waals surface area contributed by atoms with Crippen molar-refractivity contribution >= 4 is 5.97 Å². The third kappa shape index (κ3) is 5.43. The second-order valence-electron chi connectivity index (χ2n) is 6.67. The predicted octanol–water partition coefficient (Wildman–Crippen LogP) is 3.76. The number of carbonyl (C=O) groups excluding carboxylic acids is 1. The van der Waals surface area contributed by atoms with E-state index in [1.165, 1.54) is 51.4 Å². The highest BCUT2D eigenvalue weighted by molar-refractivity contribution is 5.72. The number of hydrogen-bond acceptors (Lipinski definition) is 3. The van der Waals surface area contributed by atoms with Crippen LogP contribution >= 0.6 is 0 Å². The van der Waals surface area contributed by atoms with Gasteiger partial charge in [-0.3, -0.25) is 4.79 Å². The van der Waals surface area contributed by atoms with E-state index in [9.17, 15) is 4.79 Å². The molecule has 20 heavy (non-hydrogen) atoms. The summed E-state index contributed by atoms with van der Waals surface area (Å²) >= 11 is 0. The quantitative estimate of drug-likeness (QED) is 0.580. The zero-order chi connectivity index (χ0) is 14.2. The van der Waals surface area contributed by atoms with Gasteiger partial charge in [-0.25, -0.2) is 0 Å². The molecule has 1 unspecified atom stereocenters. The van der Waals surface area contributed by atoms with Crippen molar-refractivity contribution in [2.24, 2.45) is 5.92 Å². The average molecular weight is 281 g/mol. The lowest BCUT2D eigenvalue weighted by Gasteiger charge is -2.24. The van der Waals surface area contributed by atoms with Gasteiger partial charge in [0.05, 0.1) is 5.92 Å². The van der Waals surface area contributed by atoms with Gasteiger partial charge >= 0.3 is 5.97 Å². The SMILES string of the molecule is CC(CN1CCCCCC1)C(=O)OC1CCCCCC1. The molecule has 0 aromatic carbocycles. The molecule has 1 saturated carbocycles. The normalized spacial score (nSPS) is 24.6. The molecular formula is C17H31NO2. The van der Waals surface area contributed by atoms with Crippen LogP contribution in [0.3, 0.4) is 0 Å². The molecule has 1 aliphatic heterocycles. The van der Waals surface area contributed by atoms with Crippen molar-refractivity contribution in [3.63, 3.8) is 0 Å². The largest absolute Gasteiger partial charge is 0.462 e. The molecule has 2 aliphatic rings. The second kappa shape index (κ2) is 8.66. The highest BCUT2D eigenvalue weighted by atomic mass is 16.5. The lowest BCUT2D eigenvalue weighted by atomic mass is 10.1. The van der Waals surface area contributed by atoms with Crippen LogP contribution < -0.4 is 0 Å². The van der Waals surface area contributed by atoms with E-state index in [1.54, 1.807) is 0 Å². The zero-order valence-corrected chi connectivity index (χ0v) is 13.1. The Labute approximate surface area is 124 Å². The topological polar surface area (TPSA) is 29.5 Å². The van der Waals surface area contributed by atoms with E-state index in [1.807, 2.05) is 6.92 Å². The predicted molar refractivity (Wildman–Crippen MR) is 81.7 cm³/mol. The molecule has 1 heterocycles. The Morgan fingerprint density at radius 1 is 1.00 bits per heavy atom. The molecule has 0 aromatic rings. The van der Waals surface area contributed by atoms with Crippen molar-refractivity contribution in [3.05, 3.63) is 0 Å². The van der Waals surface area contributed by atoms with Gasteiger partial charge in [-0.05, 0) is 51.6 Å². The molecule has 0 bridgehead atoms. The van der Waals surface area contributed by atoms with Crippen LogP contribution in [0.15, 0.2) is 0 Å². The number of carbonyl (C=O) groups is 1. The molecule has 1 aliphatic carbocycles. The van der Waals surface area contributed by atoms with E-state index >= 15 is 0 Å². The van der Waals surface area contributed by atoms with E-state index in [0.717, 1.165) is 32.5 Å². The van der Waals surface area contributed by atoms with Crippen LogP contribution in [-0.4, -0.2) is 36.6 Å². The molecular weight excluding hydrogens is 250 g/mol. The average Bonchev–Trinajstić information content (AvgIpc) is 2.83. The molecule has 0 N–H and O–H groups in total. The van der Waals surface area contributed by atoms with Gasteiger partial charge in [0, 0.05) is 6.54 Å². The standard InChI is InChI=1S/C17H31NO2/c1-15(14-18-12-8-4-5-9-13-18)17(19)20-16-10-6-2-3-7-11-16/h15-16H,2-14H2,1H3. The maximum absolute atomic E-state index is 12.2. The van der Waals surface area contributed by atoms with Crippen LogP contribution in [0.2, 0.25) is 0 Å². The zero-order valence-electron chi connectivity index (χ0n) is 13.1. The van der Waals surface area contributed by atoms with Crippen LogP contribution in [-0.2, 0) is 9.53 Å². The Balaban J connectivity index is 1.72. The van der Waals surface area contributed by atoms with E-state index in [4.69, 9.17) is 4.74 Å². The monoisotopic (exact) mass is 281 g/mol. The number of likely N-dealkylation sites (tertiary alicyclic amines) is 1. The van der Waals surface area contributed by atoms with Gasteiger partial charge in [-0.2, -0.15) is 0 Å². The minimum Gasteiger partial charge on any atom is -0.462 e. The van der Waals surface area contributed by atoms with Crippen molar-refractivity contribution < 1.29 is 9.53 Å². The van der Waals surface area contributed by atoms with Gasteiger partial charge in [-0.1, -0.05) is 32.6 Å². The van der Waals surface area contributed by atoms with Gasteiger partial charge in [0.2, 0.25) is 0 Å². The molecule has 3 heteroatoms. The summed E-state index contributed by atoms with van der Waals surface area (Å²) in [6.07, 6.45) is 12.6. The highest BCUT2D eigenvalue weighted by Crippen LogP contribution is 2.21. The lowest BCUT2D eigenvalue weighted by Crippen LogP contribution is -2.34. The fourth-order valence-electron chi connectivity index (χ4n) is 3.42. The van der Waals surface area contributed by atoms with Crippen molar-refractivity contribution in [2.45, 2.75) is 77.2 Å². The number of nitrogens with zero attached hydrogens (tertiary/aromatic N) is 1. The minimum atomic E-state index is 0.0244. The van der Waals surface area contributed by atoms with Crippen molar-refractivity contribution in [1.82, 2.24) is 4.90 Å². The molecule has 0 radical (unpaired) electrons. The molecule has 3 nitrogen and oxygen atoms in total. The van der Waals surface area contributed by atoms with E-state index in [0.29, 0.717) is 0 Å². The molecule has 1 atom stereocenters. The first-order valence-electron chi connectivity index (χ1n) is 8.68. The van der Waals surface area contributed by atoms with Crippen molar-refractivity contribution in [2.75, 3.05) is 19.6 Å². The maximum atomic E-state index is 12.2. The fraction of sp³-hybridized carbons (Fsp3) is 0.941. The van der Waals surface area contributed by atoms with Crippen molar-refractivity contribution in [1.29, 1.82) is 0 Å². The Bertz CT molecular complexity index is 277. The summed E-state index contributed by atoms with van der Waals surface area (Å²) in [5.41, 5.74) is 0. The highest BCUT2D eigenvalue weighted by Gasteiger charge is 2.23. The van der Waals surface area contributed by atoms with Crippen molar-refractivity contribution in [3.8, 4) is 0 Å². The summed E-state index contributed by atoms with van der Waals surface area (Å²) in [5.74, 6) is 0.0532. The second-order valence-corrected chi connectivity index (χ2v) is 6.67. The Morgan fingerprint density at radius 3 is 2.15 bits per heavy atom. The van der Waals surface area contributed by atoms with Gasteiger partial charge in [0.15, 0.2) is 0 Å². The Kier molecular flexibility index (Phi) is 6.85. The molecule has 0 aromatic heterocycles. The van der Waals surface area contributed by atoms with Crippen LogP contribution in [0.4, 0.5) is 0 Å². The van der Waals surface area contributed by atoms with Gasteiger partial charge in [0.1, 0.15) is 6.10 Å². The third-order valence-corrected chi connectivity index (χ3v) is 4.72. The minimum absolute atomic E-state index is 0.0244. The fourth-order valence-corrected chi connectivity index (χ4v) is 3.42. The summed E-state index contributed by atoms with van der Waals surface area (Å²) in [7, 11) is 0. The molecule has 116 valence electrons. The van der Waals surface area contributed by atoms with E-state index < -0.39 is 0 Å². The van der Waals surface area contributed by atoms with Gasteiger partial charge in [-0.15, -0.1) is 0 Å². The van der Waals surface area contributed by atoms with Gasteiger partial charge < -0.3 is 9.64 Å². The van der Waals surface area contributed by atoms with Gasteiger partial charge in [0.25, 0.3) is 0 Å². The van der Waals surface area contributed by atoms with Crippen LogP contribution in [0.1, 0.15) is 71.1 Å². The number of esters is 1. The number of rotatable bonds is 4. The summed E-state index contributed by atoms with van der Waals surface area (Å²) < 4.78 is 5.74. The summed E-state index contributed by atoms with van der Waals surface area (Å²) in [6.45, 7) is 5.22. The van der Waals surface area contributed by atoms with E-state index in [-0.39, 0.29) is 18.0 Å². The number of hydrogen-bond donors (Lipinski definition) is 0. The molecule has 1 saturated heterocycles. The summed E-state index contributed by atoms with van der Waals surface area (Å²) in [5, 5.41) is 0. The molecule has 2 rings (SSSR count). The Hall–Kier alpha value is -0.570. The maximum Gasteiger partial charge on any atom is 0.310 e. The first-order chi connectivity index (χ1) is 9.75. The Morgan fingerprint density at radius 2 is 1.55 bits per heavy atom. The molecule has 2 fully saturated rings. The van der Waals surface area contributed by atoms with Crippen LogP contribution in [0.25, 0.3) is 0 Å². The van der Waals surface area contributed by atoms with Crippen LogP contribution in [0.5, 0.6) is 0 Å². The smallest absolute Gasteiger partial charge is 0.310 e. The first kappa shape index (κ1) is 15.8. The van der Waals surface area contributed by atoms with Crippen LogP contribution in [0, 0.1) is 5.92 Å².